The zero-order valence-corrected chi connectivity index (χ0v) is 21.4. The molecule has 1 fully saturated rings. The molecule has 206 valence electrons. The van der Waals surface area contributed by atoms with E-state index in [9.17, 15) is 37.1 Å². The predicted molar refractivity (Wildman–Crippen MR) is 139 cm³/mol. The van der Waals surface area contributed by atoms with E-state index >= 15 is 0 Å². The monoisotopic (exact) mass is 573 g/mol. The number of thiophene rings is 1. The number of nitrogens with zero attached hydrogens (tertiary/aromatic N) is 1. The molecule has 1 aliphatic carbocycles. The first-order chi connectivity index (χ1) is 19.0. The summed E-state index contributed by atoms with van der Waals surface area (Å²) in [5.74, 6) is -4.04. The van der Waals surface area contributed by atoms with E-state index < -0.39 is 35.3 Å². The number of carboxylic acid groups (broad SMARTS) is 1. The van der Waals surface area contributed by atoms with Gasteiger partial charge in [0.2, 0.25) is 0 Å². The molecular formula is C27H19F4N3O5S. The average Bonchev–Trinajstić information content (AvgIpc) is 3.70. The number of amides is 2. The summed E-state index contributed by atoms with van der Waals surface area (Å²) in [6.45, 7) is 0. The van der Waals surface area contributed by atoms with Crippen LogP contribution in [0.15, 0.2) is 48.7 Å². The first kappa shape index (κ1) is 27.1. The molecule has 2 heterocycles. The molecule has 8 nitrogen and oxygen atoms in total. The van der Waals surface area contributed by atoms with Crippen molar-refractivity contribution in [2.45, 2.75) is 24.9 Å². The minimum Gasteiger partial charge on any atom is -0.496 e. The second-order valence-electron chi connectivity index (χ2n) is 9.01. The fourth-order valence-corrected chi connectivity index (χ4v) is 5.17. The third kappa shape index (κ3) is 5.32. The lowest BCUT2D eigenvalue weighted by atomic mass is 10.1. The number of halogens is 4. The van der Waals surface area contributed by atoms with Gasteiger partial charge >= 0.3 is 12.1 Å². The second kappa shape index (κ2) is 10.2. The molecule has 1 aliphatic rings. The van der Waals surface area contributed by atoms with E-state index in [0.717, 1.165) is 42.0 Å². The number of rotatable bonds is 7. The van der Waals surface area contributed by atoms with Crippen molar-refractivity contribution in [1.82, 2.24) is 4.98 Å². The fourth-order valence-electron chi connectivity index (χ4n) is 4.10. The van der Waals surface area contributed by atoms with Gasteiger partial charge < -0.3 is 20.5 Å². The van der Waals surface area contributed by atoms with Gasteiger partial charge in [0.15, 0.2) is 0 Å². The third-order valence-corrected chi connectivity index (χ3v) is 7.41. The van der Waals surface area contributed by atoms with Crippen molar-refractivity contribution < 1.29 is 41.8 Å². The van der Waals surface area contributed by atoms with Crippen molar-refractivity contribution in [1.29, 1.82) is 0 Å². The topological polar surface area (TPSA) is 118 Å². The maximum absolute atomic E-state index is 13.8. The Morgan fingerprint density at radius 2 is 1.80 bits per heavy atom. The zero-order chi connectivity index (χ0) is 28.8. The number of benzene rings is 2. The number of carbonyl (C=O) groups is 3. The lowest BCUT2D eigenvalue weighted by Crippen LogP contribution is -2.18. The van der Waals surface area contributed by atoms with Gasteiger partial charge in [0.1, 0.15) is 16.4 Å². The molecule has 2 aromatic heterocycles. The van der Waals surface area contributed by atoms with Crippen LogP contribution in [0.3, 0.4) is 0 Å². The lowest BCUT2D eigenvalue weighted by Gasteiger charge is -2.13. The molecule has 13 heteroatoms. The Labute approximate surface area is 227 Å². The van der Waals surface area contributed by atoms with Gasteiger partial charge in [-0.25, -0.2) is 9.18 Å². The minimum absolute atomic E-state index is 0.0262. The normalized spacial score (nSPS) is 13.2. The number of fused-ring (bicyclic) bond motifs is 1. The molecule has 5 rings (SSSR count). The summed E-state index contributed by atoms with van der Waals surface area (Å²) < 4.78 is 59.1. The molecular weight excluding hydrogens is 554 g/mol. The van der Waals surface area contributed by atoms with Crippen LogP contribution < -0.4 is 15.4 Å². The summed E-state index contributed by atoms with van der Waals surface area (Å²) in [5.41, 5.74) is -1.31. The number of hydrogen-bond acceptors (Lipinski definition) is 6. The highest BCUT2D eigenvalue weighted by molar-refractivity contribution is 7.21. The van der Waals surface area contributed by atoms with Crippen molar-refractivity contribution in [3.05, 3.63) is 81.7 Å². The van der Waals surface area contributed by atoms with Gasteiger partial charge in [-0.2, -0.15) is 13.2 Å². The maximum Gasteiger partial charge on any atom is 0.419 e. The van der Waals surface area contributed by atoms with Crippen LogP contribution in [0, 0.1) is 5.82 Å². The molecule has 0 unspecified atom stereocenters. The summed E-state index contributed by atoms with van der Waals surface area (Å²) in [7, 11) is 1.30. The van der Waals surface area contributed by atoms with E-state index in [-0.39, 0.29) is 39.0 Å². The van der Waals surface area contributed by atoms with E-state index in [1.165, 1.54) is 25.4 Å². The first-order valence-electron chi connectivity index (χ1n) is 11.8. The largest absolute Gasteiger partial charge is 0.496 e. The highest BCUT2D eigenvalue weighted by Gasteiger charge is 2.34. The summed E-state index contributed by atoms with van der Waals surface area (Å²) in [6.07, 6.45) is -1.55. The lowest BCUT2D eigenvalue weighted by molar-refractivity contribution is -0.139. The number of carbonyl (C=O) groups excluding carboxylic acids is 2. The van der Waals surface area contributed by atoms with Crippen LogP contribution in [0.2, 0.25) is 0 Å². The number of anilines is 2. The number of nitrogens with one attached hydrogen (secondary N) is 2. The zero-order valence-electron chi connectivity index (χ0n) is 20.6. The molecule has 0 saturated heterocycles. The highest BCUT2D eigenvalue weighted by Crippen LogP contribution is 2.43. The van der Waals surface area contributed by atoms with Gasteiger partial charge in [-0.3, -0.25) is 14.6 Å². The second-order valence-corrected chi connectivity index (χ2v) is 10.1. The Morgan fingerprint density at radius 3 is 2.45 bits per heavy atom. The van der Waals surface area contributed by atoms with E-state index in [4.69, 9.17) is 4.74 Å². The molecule has 0 radical (unpaired) electrons. The Bertz CT molecular complexity index is 1680. The van der Waals surface area contributed by atoms with Crippen LogP contribution in [-0.2, 0) is 6.18 Å². The molecule has 3 N–H and O–H groups in total. The molecule has 2 aromatic carbocycles. The molecule has 4 aromatic rings. The Kier molecular flexibility index (Phi) is 6.92. The van der Waals surface area contributed by atoms with Crippen LogP contribution in [0.5, 0.6) is 5.75 Å². The van der Waals surface area contributed by atoms with Gasteiger partial charge in [0.25, 0.3) is 11.8 Å². The Hall–Kier alpha value is -4.52. The smallest absolute Gasteiger partial charge is 0.419 e. The van der Waals surface area contributed by atoms with Gasteiger partial charge in [0, 0.05) is 33.6 Å². The number of pyridine rings is 1. The SMILES string of the molecule is COc1ccc(C(=O)O)cc1C(=O)Nc1c(C(=O)Nc2ccc(F)c(C(F)(F)F)c2)sc2cc(C3CC3)ncc12. The number of alkyl halides is 3. The number of aromatic nitrogens is 1. The highest BCUT2D eigenvalue weighted by atomic mass is 32.1. The Morgan fingerprint density at radius 1 is 1.05 bits per heavy atom. The molecule has 1 saturated carbocycles. The number of methoxy groups -OCH3 is 1. The van der Waals surface area contributed by atoms with Crippen molar-refractivity contribution in [2.75, 3.05) is 17.7 Å². The molecule has 0 aliphatic heterocycles. The average molecular weight is 574 g/mol. The van der Waals surface area contributed by atoms with Crippen molar-refractivity contribution in [3.63, 3.8) is 0 Å². The Balaban J connectivity index is 1.55. The van der Waals surface area contributed by atoms with Gasteiger partial charge in [-0.15, -0.1) is 11.3 Å². The van der Waals surface area contributed by atoms with Gasteiger partial charge in [0.05, 0.1) is 29.5 Å². The van der Waals surface area contributed by atoms with Crippen LogP contribution >= 0.6 is 11.3 Å². The van der Waals surface area contributed by atoms with Crippen LogP contribution in [-0.4, -0.2) is 35.0 Å². The summed E-state index contributed by atoms with van der Waals surface area (Å²) >= 11 is 0.990. The standard InChI is InChI=1S/C27H19F4N3O5S/c1-39-20-7-4-13(26(37)38)8-15(20)24(35)34-22-16-11-32-19(12-2-3-12)10-21(16)40-23(22)25(36)33-14-5-6-18(28)17(9-14)27(29,30)31/h4-12H,2-3H2,1H3,(H,33,36)(H,34,35)(H,37,38). The van der Waals surface area contributed by atoms with Crippen molar-refractivity contribution in [3.8, 4) is 5.75 Å². The molecule has 2 amide bonds. The molecule has 0 atom stereocenters. The maximum atomic E-state index is 13.8. The van der Waals surface area contributed by atoms with Crippen LogP contribution in [0.25, 0.3) is 10.1 Å². The number of carboxylic acids is 1. The molecule has 40 heavy (non-hydrogen) atoms. The van der Waals surface area contributed by atoms with Crippen molar-refractivity contribution in [2.24, 2.45) is 0 Å². The molecule has 0 spiro atoms. The fraction of sp³-hybridized carbons (Fsp3) is 0.185. The quantitative estimate of drug-likeness (QED) is 0.216. The van der Waals surface area contributed by atoms with Crippen LogP contribution in [0.1, 0.15) is 60.4 Å². The molecule has 0 bridgehead atoms. The summed E-state index contributed by atoms with van der Waals surface area (Å²) in [6, 6.07) is 7.54. The number of ether oxygens (including phenoxy) is 1. The van der Waals surface area contributed by atoms with Gasteiger partial charge in [-0.1, -0.05) is 0 Å². The minimum atomic E-state index is -4.98. The third-order valence-electron chi connectivity index (χ3n) is 6.26. The predicted octanol–water partition coefficient (Wildman–Crippen LogP) is 6.54. The van der Waals surface area contributed by atoms with E-state index in [1.807, 2.05) is 0 Å². The van der Waals surface area contributed by atoms with E-state index in [0.29, 0.717) is 22.2 Å². The van der Waals surface area contributed by atoms with E-state index in [2.05, 4.69) is 15.6 Å². The first-order valence-corrected chi connectivity index (χ1v) is 12.6. The summed E-state index contributed by atoms with van der Waals surface area (Å²) in [5, 5.41) is 14.7. The number of hydrogen-bond donors (Lipinski definition) is 3. The van der Waals surface area contributed by atoms with Crippen molar-refractivity contribution >= 4 is 50.6 Å². The van der Waals surface area contributed by atoms with Crippen LogP contribution in [0.4, 0.5) is 28.9 Å². The van der Waals surface area contributed by atoms with Gasteiger partial charge in [-0.05, 0) is 55.3 Å². The summed E-state index contributed by atoms with van der Waals surface area (Å²) in [4.78, 5) is 42.5. The van der Waals surface area contributed by atoms with E-state index in [1.54, 1.807) is 6.07 Å². The number of aromatic carboxylic acids is 1.